The molecule has 1 spiro atoms. The van der Waals surface area contributed by atoms with Crippen LogP contribution in [0.25, 0.3) is 0 Å². The molecule has 25 heavy (non-hydrogen) atoms. The second-order valence-corrected chi connectivity index (χ2v) is 5.51. The number of ether oxygens (including phenoxy) is 3. The molecule has 2 heterocycles. The first kappa shape index (κ1) is 20.4. The molecule has 0 aromatic rings. The summed E-state index contributed by atoms with van der Waals surface area (Å²) in [4.78, 5) is 0. The monoisotopic (exact) mass is 402 g/mol. The van der Waals surface area contributed by atoms with Crippen molar-refractivity contribution < 1.29 is 66.9 Å². The third-order valence-electron chi connectivity index (χ3n) is 3.70. The highest BCUT2D eigenvalue weighted by Crippen LogP contribution is 2.69. The Balaban J connectivity index is 2.86. The SMILES string of the molecule is CC1(F)OC2(OC1(C)F)C(F)(F)C(F)(F)C(F)(F)OC2(F)C(F)(F)F. The summed E-state index contributed by atoms with van der Waals surface area (Å²) in [5, 5.41) is 0. The van der Waals surface area contributed by atoms with Crippen molar-refractivity contribution >= 4 is 0 Å². The molecule has 3 atom stereocenters. The lowest BCUT2D eigenvalue weighted by molar-refractivity contribution is -0.593. The second-order valence-electron chi connectivity index (χ2n) is 5.51. The first-order chi connectivity index (χ1) is 10.6. The maximum atomic E-state index is 14.2. The minimum atomic E-state index is -6.97. The van der Waals surface area contributed by atoms with Gasteiger partial charge in [-0.15, -0.1) is 0 Å². The molecule has 2 rings (SSSR count). The Bertz CT molecular complexity index is 566. The van der Waals surface area contributed by atoms with Crippen LogP contribution in [0.4, 0.5) is 52.7 Å². The minimum absolute atomic E-state index is 0.209. The zero-order valence-electron chi connectivity index (χ0n) is 11.8. The summed E-state index contributed by atoms with van der Waals surface area (Å²) < 4.78 is 170. The van der Waals surface area contributed by atoms with Crippen molar-refractivity contribution in [3.05, 3.63) is 0 Å². The predicted octanol–water partition coefficient (Wildman–Crippen LogP) is 4.22. The Hall–Kier alpha value is -0.960. The highest BCUT2D eigenvalue weighted by molar-refractivity contribution is 5.18. The molecule has 0 aromatic carbocycles. The van der Waals surface area contributed by atoms with E-state index in [0.717, 1.165) is 0 Å². The Labute approximate surface area is 129 Å². The summed E-state index contributed by atoms with van der Waals surface area (Å²) in [5.41, 5.74) is 0. The summed E-state index contributed by atoms with van der Waals surface area (Å²) in [5.74, 6) is -35.2. The molecule has 2 fully saturated rings. The molecule has 2 aliphatic rings. The fourth-order valence-corrected chi connectivity index (χ4v) is 2.15. The van der Waals surface area contributed by atoms with Gasteiger partial charge in [0.05, 0.1) is 0 Å². The van der Waals surface area contributed by atoms with E-state index in [2.05, 4.69) is 14.2 Å². The standard InChI is InChI=1S/C10H6F12O3/c1-3(11)4(2,12)24-8(23-3)5(13,14)6(15,16)10(21,22)25-7(8,17)9(18,19)20/h1-2H3. The summed E-state index contributed by atoms with van der Waals surface area (Å²) in [6.07, 6.45) is -13.7. The van der Waals surface area contributed by atoms with E-state index < -0.39 is 47.5 Å². The third-order valence-corrected chi connectivity index (χ3v) is 3.70. The van der Waals surface area contributed by atoms with Crippen LogP contribution in [0.2, 0.25) is 0 Å². The van der Waals surface area contributed by atoms with Gasteiger partial charge in [-0.1, -0.05) is 0 Å². The van der Waals surface area contributed by atoms with Crippen LogP contribution in [0.3, 0.4) is 0 Å². The number of hydrogen-bond acceptors (Lipinski definition) is 3. The van der Waals surface area contributed by atoms with Crippen LogP contribution in [-0.4, -0.2) is 47.5 Å². The highest BCUT2D eigenvalue weighted by atomic mass is 19.4. The number of alkyl halides is 12. The molecule has 0 radical (unpaired) electrons. The number of hydrogen-bond donors (Lipinski definition) is 0. The van der Waals surface area contributed by atoms with Gasteiger partial charge < -0.3 is 0 Å². The summed E-state index contributed by atoms with van der Waals surface area (Å²) in [7, 11) is 0. The van der Waals surface area contributed by atoms with E-state index in [4.69, 9.17) is 0 Å². The molecule has 0 aromatic heterocycles. The topological polar surface area (TPSA) is 27.7 Å². The van der Waals surface area contributed by atoms with E-state index in [1.54, 1.807) is 0 Å². The molecule has 2 aliphatic heterocycles. The van der Waals surface area contributed by atoms with Gasteiger partial charge in [-0.25, -0.2) is 8.78 Å². The van der Waals surface area contributed by atoms with Gasteiger partial charge in [0.25, 0.3) is 11.7 Å². The van der Waals surface area contributed by atoms with E-state index in [-0.39, 0.29) is 13.8 Å². The average Bonchev–Trinajstić information content (AvgIpc) is 2.52. The molecule has 3 nitrogen and oxygen atoms in total. The van der Waals surface area contributed by atoms with Crippen LogP contribution in [0.15, 0.2) is 0 Å². The largest absolute Gasteiger partial charge is 0.454 e. The van der Waals surface area contributed by atoms with Crippen molar-refractivity contribution in [2.24, 2.45) is 0 Å². The molecule has 15 heteroatoms. The lowest BCUT2D eigenvalue weighted by Crippen LogP contribution is -2.83. The number of rotatable bonds is 0. The average molecular weight is 402 g/mol. The van der Waals surface area contributed by atoms with Gasteiger partial charge in [0.1, 0.15) is 0 Å². The maximum absolute atomic E-state index is 14.2. The first-order valence-electron chi connectivity index (χ1n) is 5.99. The normalized spacial score (nSPS) is 48.7. The Morgan fingerprint density at radius 1 is 0.600 bits per heavy atom. The van der Waals surface area contributed by atoms with Crippen molar-refractivity contribution in [1.82, 2.24) is 0 Å². The third kappa shape index (κ3) is 2.02. The van der Waals surface area contributed by atoms with E-state index in [9.17, 15) is 52.7 Å². The van der Waals surface area contributed by atoms with Gasteiger partial charge in [-0.3, -0.25) is 14.2 Å². The van der Waals surface area contributed by atoms with Crippen molar-refractivity contribution in [2.45, 2.75) is 61.3 Å². The molecule has 148 valence electrons. The van der Waals surface area contributed by atoms with Crippen molar-refractivity contribution in [1.29, 1.82) is 0 Å². The Morgan fingerprint density at radius 2 is 0.960 bits per heavy atom. The summed E-state index contributed by atoms with van der Waals surface area (Å²) in [6.45, 7) is -0.418. The van der Waals surface area contributed by atoms with E-state index in [1.165, 1.54) is 0 Å². The molecular weight excluding hydrogens is 396 g/mol. The lowest BCUT2D eigenvalue weighted by atomic mass is 9.89. The zero-order chi connectivity index (χ0) is 20.1. The first-order valence-corrected chi connectivity index (χ1v) is 5.99. The Morgan fingerprint density at radius 3 is 1.28 bits per heavy atom. The van der Waals surface area contributed by atoms with Crippen LogP contribution in [0.1, 0.15) is 13.8 Å². The fraction of sp³-hybridized carbons (Fsp3) is 1.00. The van der Waals surface area contributed by atoms with Gasteiger partial charge in [0, 0.05) is 13.8 Å². The second kappa shape index (κ2) is 4.47. The fourth-order valence-electron chi connectivity index (χ4n) is 2.15. The molecule has 0 bridgehead atoms. The predicted molar refractivity (Wildman–Crippen MR) is 49.7 cm³/mol. The van der Waals surface area contributed by atoms with Gasteiger partial charge >= 0.3 is 35.8 Å². The van der Waals surface area contributed by atoms with Gasteiger partial charge in [-0.05, 0) is 0 Å². The van der Waals surface area contributed by atoms with E-state index in [1.807, 2.05) is 0 Å². The van der Waals surface area contributed by atoms with Gasteiger partial charge in [-0.2, -0.15) is 43.9 Å². The summed E-state index contributed by atoms with van der Waals surface area (Å²) in [6, 6.07) is 0. The quantitative estimate of drug-likeness (QED) is 0.568. The minimum Gasteiger partial charge on any atom is -0.297 e. The molecular formula is C10H6F12O3. The Kier molecular flexibility index (Phi) is 3.64. The van der Waals surface area contributed by atoms with Crippen LogP contribution in [0.5, 0.6) is 0 Å². The zero-order valence-corrected chi connectivity index (χ0v) is 11.8. The van der Waals surface area contributed by atoms with Crippen molar-refractivity contribution in [3.63, 3.8) is 0 Å². The van der Waals surface area contributed by atoms with Crippen LogP contribution in [0, 0.1) is 0 Å². The molecule has 0 aliphatic carbocycles. The van der Waals surface area contributed by atoms with E-state index >= 15 is 0 Å². The molecule has 2 saturated heterocycles. The van der Waals surface area contributed by atoms with Crippen LogP contribution < -0.4 is 0 Å². The highest BCUT2D eigenvalue weighted by Gasteiger charge is 3.00. The van der Waals surface area contributed by atoms with Crippen LogP contribution in [-0.2, 0) is 14.2 Å². The molecule has 3 unspecified atom stereocenters. The maximum Gasteiger partial charge on any atom is 0.454 e. The van der Waals surface area contributed by atoms with Crippen LogP contribution >= 0.6 is 0 Å². The van der Waals surface area contributed by atoms with E-state index in [0.29, 0.717) is 0 Å². The van der Waals surface area contributed by atoms with Crippen molar-refractivity contribution in [3.8, 4) is 0 Å². The van der Waals surface area contributed by atoms with Crippen molar-refractivity contribution in [2.75, 3.05) is 0 Å². The molecule has 0 amide bonds. The summed E-state index contributed by atoms with van der Waals surface area (Å²) >= 11 is 0. The molecule has 0 saturated carbocycles. The molecule has 0 N–H and O–H groups in total. The van der Waals surface area contributed by atoms with Gasteiger partial charge in [0.15, 0.2) is 0 Å². The lowest BCUT2D eigenvalue weighted by Gasteiger charge is -2.52. The number of halogens is 12. The van der Waals surface area contributed by atoms with Gasteiger partial charge in [0.2, 0.25) is 0 Å². The smallest absolute Gasteiger partial charge is 0.297 e.